The number of halogens is 1. The van der Waals surface area contributed by atoms with Gasteiger partial charge >= 0.3 is 5.97 Å². The van der Waals surface area contributed by atoms with Crippen molar-refractivity contribution >= 4 is 34.3 Å². The van der Waals surface area contributed by atoms with Gasteiger partial charge in [0.2, 0.25) is 4.38 Å². The molecule has 0 aliphatic heterocycles. The highest BCUT2D eigenvalue weighted by Gasteiger charge is 2.25. The van der Waals surface area contributed by atoms with Gasteiger partial charge in [-0.05, 0) is 31.6 Å². The van der Waals surface area contributed by atoms with E-state index in [2.05, 4.69) is 0 Å². The van der Waals surface area contributed by atoms with Crippen molar-refractivity contribution in [2.24, 2.45) is 0 Å². The first kappa shape index (κ1) is 20.9. The molecule has 1 rings (SSSR count). The lowest BCUT2D eigenvalue weighted by Crippen LogP contribution is -2.26. The molecule has 7 heteroatoms. The van der Waals surface area contributed by atoms with Gasteiger partial charge < -0.3 is 14.2 Å². The zero-order valence-electron chi connectivity index (χ0n) is 13.9. The van der Waals surface area contributed by atoms with Gasteiger partial charge in [0.1, 0.15) is 0 Å². The predicted octanol–water partition coefficient (Wildman–Crippen LogP) is 3.92. The Labute approximate surface area is 152 Å². The van der Waals surface area contributed by atoms with Gasteiger partial charge in [0.15, 0.2) is 6.17 Å². The highest BCUT2D eigenvalue weighted by Crippen LogP contribution is 2.22. The largest absolute Gasteiger partial charge is 0.479 e. The van der Waals surface area contributed by atoms with Gasteiger partial charge in [-0.25, -0.2) is 9.18 Å². The van der Waals surface area contributed by atoms with Crippen molar-refractivity contribution in [3.8, 4) is 0 Å². The number of carbonyl (C=O) groups is 1. The van der Waals surface area contributed by atoms with Crippen LogP contribution in [-0.4, -0.2) is 41.6 Å². The number of ether oxygens (including phenoxy) is 3. The average Bonchev–Trinajstić information content (AvgIpc) is 2.56. The topological polar surface area (TPSA) is 44.8 Å². The maximum Gasteiger partial charge on any atom is 0.340 e. The number of benzene rings is 1. The van der Waals surface area contributed by atoms with Gasteiger partial charge in [-0.1, -0.05) is 42.1 Å². The Balaban J connectivity index is 2.53. The zero-order chi connectivity index (χ0) is 17.8. The van der Waals surface area contributed by atoms with Crippen LogP contribution < -0.4 is 0 Å². The maximum absolute atomic E-state index is 14.0. The van der Waals surface area contributed by atoms with Crippen molar-refractivity contribution in [2.75, 3.05) is 19.8 Å². The molecule has 24 heavy (non-hydrogen) atoms. The summed E-state index contributed by atoms with van der Waals surface area (Å²) < 4.78 is 29.9. The van der Waals surface area contributed by atoms with Crippen LogP contribution in [0.4, 0.5) is 4.39 Å². The first-order valence-corrected chi connectivity index (χ1v) is 9.11. The number of thiocarbonyl (C=S) groups is 1. The van der Waals surface area contributed by atoms with Crippen LogP contribution >= 0.6 is 24.0 Å². The summed E-state index contributed by atoms with van der Waals surface area (Å²) in [5, 5.41) is -0.327. The molecule has 0 bridgehead atoms. The number of rotatable bonds is 10. The van der Waals surface area contributed by atoms with E-state index < -0.39 is 12.1 Å². The summed E-state index contributed by atoms with van der Waals surface area (Å²) in [6.45, 7) is 4.73. The van der Waals surface area contributed by atoms with Gasteiger partial charge in [0.05, 0.1) is 26.4 Å². The molecule has 0 saturated carbocycles. The normalized spacial score (nSPS) is 13.1. The van der Waals surface area contributed by atoms with E-state index in [0.29, 0.717) is 17.6 Å². The van der Waals surface area contributed by atoms with E-state index in [1.807, 2.05) is 37.3 Å². The van der Waals surface area contributed by atoms with Crippen LogP contribution in [-0.2, 0) is 25.6 Å². The summed E-state index contributed by atoms with van der Waals surface area (Å²) in [6, 6.07) is 9.67. The highest BCUT2D eigenvalue weighted by atomic mass is 32.2. The Morgan fingerprint density at radius 1 is 1.21 bits per heavy atom. The highest BCUT2D eigenvalue weighted by molar-refractivity contribution is 8.23. The fourth-order valence-corrected chi connectivity index (χ4v) is 3.29. The van der Waals surface area contributed by atoms with Gasteiger partial charge in [0.25, 0.3) is 0 Å². The van der Waals surface area contributed by atoms with E-state index in [4.69, 9.17) is 26.4 Å². The molecule has 0 aromatic heterocycles. The summed E-state index contributed by atoms with van der Waals surface area (Å²) in [5.74, 6) is -0.853. The smallest absolute Gasteiger partial charge is 0.340 e. The minimum absolute atomic E-state index is 0.0362. The van der Waals surface area contributed by atoms with Crippen molar-refractivity contribution in [3.05, 3.63) is 35.9 Å². The summed E-state index contributed by atoms with van der Waals surface area (Å²) in [5.41, 5.74) is 1.02. The molecule has 2 unspecified atom stereocenters. The Hall–Kier alpha value is -1.18. The lowest BCUT2D eigenvalue weighted by Gasteiger charge is -2.18. The van der Waals surface area contributed by atoms with Crippen LogP contribution in [0.3, 0.4) is 0 Å². The van der Waals surface area contributed by atoms with Crippen molar-refractivity contribution < 1.29 is 23.4 Å². The number of esters is 1. The quantitative estimate of drug-likeness (QED) is 0.457. The minimum atomic E-state index is -1.70. The molecular formula is C17H23FO4S2. The molecule has 0 saturated heterocycles. The number of carbonyl (C=O) groups excluding carboxylic acids is 1. The molecule has 0 aliphatic rings. The second-order valence-electron chi connectivity index (χ2n) is 4.88. The minimum Gasteiger partial charge on any atom is -0.479 e. The molecule has 1 aromatic carbocycles. The summed E-state index contributed by atoms with van der Waals surface area (Å²) in [4.78, 5) is 11.5. The van der Waals surface area contributed by atoms with E-state index >= 15 is 0 Å². The summed E-state index contributed by atoms with van der Waals surface area (Å²) in [7, 11) is 0. The molecule has 0 heterocycles. The number of hydrogen-bond donors (Lipinski definition) is 0. The van der Waals surface area contributed by atoms with Gasteiger partial charge in [-0.3, -0.25) is 0 Å². The molecule has 0 N–H and O–H groups in total. The number of thioether (sulfide) groups is 1. The molecule has 134 valence electrons. The van der Waals surface area contributed by atoms with Crippen molar-refractivity contribution in [1.29, 1.82) is 0 Å². The Bertz CT molecular complexity index is 499. The standard InChI is InChI=1S/C17H23FO4S2/c1-3-21-16(19)15(18)10-14(24-17(23)22-4-2)12-20-11-13-8-6-5-7-9-13/h5-9,14-15H,3-4,10-12H2,1-2H3. The molecule has 2 atom stereocenters. The van der Waals surface area contributed by atoms with Crippen LogP contribution in [0.25, 0.3) is 0 Å². The molecule has 0 aliphatic carbocycles. The van der Waals surface area contributed by atoms with Crippen molar-refractivity contribution in [3.63, 3.8) is 0 Å². The van der Waals surface area contributed by atoms with E-state index in [9.17, 15) is 9.18 Å². The zero-order valence-corrected chi connectivity index (χ0v) is 15.5. The van der Waals surface area contributed by atoms with E-state index in [1.165, 1.54) is 11.8 Å². The van der Waals surface area contributed by atoms with Crippen LogP contribution in [0.5, 0.6) is 0 Å². The number of alkyl halides is 1. The fraction of sp³-hybridized carbons (Fsp3) is 0.529. The maximum atomic E-state index is 14.0. The summed E-state index contributed by atoms with van der Waals surface area (Å²) >= 11 is 6.29. The second-order valence-corrected chi connectivity index (χ2v) is 6.78. The van der Waals surface area contributed by atoms with Crippen LogP contribution in [0.15, 0.2) is 30.3 Å². The third-order valence-electron chi connectivity index (χ3n) is 2.95. The lowest BCUT2D eigenvalue weighted by molar-refractivity contribution is -0.149. The van der Waals surface area contributed by atoms with E-state index in [1.54, 1.807) is 6.92 Å². The lowest BCUT2D eigenvalue weighted by atomic mass is 10.2. The third-order valence-corrected chi connectivity index (χ3v) is 4.33. The summed E-state index contributed by atoms with van der Waals surface area (Å²) in [6.07, 6.45) is -1.74. The fourth-order valence-electron chi connectivity index (χ4n) is 1.88. The molecule has 4 nitrogen and oxygen atoms in total. The predicted molar refractivity (Wildman–Crippen MR) is 97.8 cm³/mol. The van der Waals surface area contributed by atoms with Crippen LogP contribution in [0.2, 0.25) is 0 Å². The van der Waals surface area contributed by atoms with Crippen LogP contribution in [0, 0.1) is 0 Å². The van der Waals surface area contributed by atoms with Gasteiger partial charge in [0, 0.05) is 11.7 Å². The third kappa shape index (κ3) is 8.61. The van der Waals surface area contributed by atoms with Gasteiger partial charge in [-0.15, -0.1) is 0 Å². The molecule has 1 aromatic rings. The Kier molecular flexibility index (Phi) is 10.6. The Morgan fingerprint density at radius 2 is 1.88 bits per heavy atom. The Morgan fingerprint density at radius 3 is 2.50 bits per heavy atom. The molecule has 0 fully saturated rings. The van der Waals surface area contributed by atoms with E-state index in [0.717, 1.165) is 5.56 Å². The monoisotopic (exact) mass is 374 g/mol. The molecule has 0 amide bonds. The van der Waals surface area contributed by atoms with E-state index in [-0.39, 0.29) is 24.9 Å². The first-order valence-electron chi connectivity index (χ1n) is 7.82. The van der Waals surface area contributed by atoms with Crippen molar-refractivity contribution in [1.82, 2.24) is 0 Å². The average molecular weight is 374 g/mol. The molecular weight excluding hydrogens is 351 g/mol. The molecule has 0 spiro atoms. The SMILES string of the molecule is CCOC(=O)C(F)CC(COCc1ccccc1)SC(=S)OCC. The number of hydrogen-bond acceptors (Lipinski definition) is 6. The first-order chi connectivity index (χ1) is 11.6. The molecule has 0 radical (unpaired) electrons. The van der Waals surface area contributed by atoms with Crippen molar-refractivity contribution in [2.45, 2.75) is 38.3 Å². The van der Waals surface area contributed by atoms with Gasteiger partial charge in [-0.2, -0.15) is 0 Å². The second kappa shape index (κ2) is 12.2. The van der Waals surface area contributed by atoms with Crippen LogP contribution in [0.1, 0.15) is 25.8 Å².